The number of aromatic amines is 1. The van der Waals surface area contributed by atoms with E-state index in [2.05, 4.69) is 4.98 Å². The SMILES string of the molecule is O=C(O)C1CCN(c2ccc3cc(-c4ccccc4C(F)(F)F)[nH]c(=O)c3c2)C1=O. The van der Waals surface area contributed by atoms with Crippen LogP contribution in [0.4, 0.5) is 18.9 Å². The Kier molecular flexibility index (Phi) is 4.60. The second kappa shape index (κ2) is 7.01. The third kappa shape index (κ3) is 3.32. The molecule has 1 aliphatic heterocycles. The van der Waals surface area contributed by atoms with Crippen LogP contribution in [0.15, 0.2) is 53.3 Å². The second-order valence-electron chi connectivity index (χ2n) is 7.00. The summed E-state index contributed by atoms with van der Waals surface area (Å²) in [4.78, 5) is 39.8. The highest BCUT2D eigenvalue weighted by Gasteiger charge is 2.37. The van der Waals surface area contributed by atoms with Crippen molar-refractivity contribution in [3.8, 4) is 11.3 Å². The zero-order valence-electron chi connectivity index (χ0n) is 15.4. The number of fused-ring (bicyclic) bond motifs is 1. The standard InChI is InChI=1S/C21H15F3N2O4/c22-21(23,24)16-4-2-1-3-13(16)17-9-11-5-6-12(10-15(11)18(27)25-17)26-8-7-14(19(26)28)20(29)30/h1-6,9-10,14H,7-8H2,(H,25,27)(H,29,30). The van der Waals surface area contributed by atoms with Gasteiger partial charge in [-0.1, -0.05) is 24.3 Å². The summed E-state index contributed by atoms with van der Waals surface area (Å²) in [5, 5.41) is 9.69. The molecule has 1 unspecified atom stereocenters. The van der Waals surface area contributed by atoms with Gasteiger partial charge in [-0.3, -0.25) is 14.4 Å². The first-order valence-corrected chi connectivity index (χ1v) is 9.04. The Morgan fingerprint density at radius 2 is 1.83 bits per heavy atom. The summed E-state index contributed by atoms with van der Waals surface area (Å²) in [6, 6.07) is 10.9. The van der Waals surface area contributed by atoms with Crippen molar-refractivity contribution in [2.45, 2.75) is 12.6 Å². The fourth-order valence-corrected chi connectivity index (χ4v) is 3.69. The van der Waals surface area contributed by atoms with Gasteiger partial charge in [0.05, 0.1) is 5.56 Å². The summed E-state index contributed by atoms with van der Waals surface area (Å²) in [5.41, 5.74) is -1.23. The van der Waals surface area contributed by atoms with Gasteiger partial charge >= 0.3 is 12.1 Å². The number of aliphatic carboxylic acids is 1. The van der Waals surface area contributed by atoms with Gasteiger partial charge in [0.2, 0.25) is 5.91 Å². The fourth-order valence-electron chi connectivity index (χ4n) is 3.69. The van der Waals surface area contributed by atoms with Crippen LogP contribution in [0, 0.1) is 5.92 Å². The highest BCUT2D eigenvalue weighted by molar-refractivity contribution is 6.08. The Hall–Kier alpha value is -3.62. The van der Waals surface area contributed by atoms with Gasteiger partial charge in [0.25, 0.3) is 5.56 Å². The molecule has 30 heavy (non-hydrogen) atoms. The third-order valence-corrected chi connectivity index (χ3v) is 5.17. The van der Waals surface area contributed by atoms with Crippen LogP contribution >= 0.6 is 0 Å². The van der Waals surface area contributed by atoms with E-state index in [1.807, 2.05) is 0 Å². The molecule has 6 nitrogen and oxygen atoms in total. The number of H-pyrrole nitrogens is 1. The Morgan fingerprint density at radius 1 is 1.10 bits per heavy atom. The molecular weight excluding hydrogens is 401 g/mol. The number of carbonyl (C=O) groups is 2. The Labute approximate surface area is 167 Å². The van der Waals surface area contributed by atoms with E-state index in [1.165, 1.54) is 41.3 Å². The summed E-state index contributed by atoms with van der Waals surface area (Å²) in [6.45, 7) is 0.205. The van der Waals surface area contributed by atoms with Crippen LogP contribution < -0.4 is 10.5 Å². The number of hydrogen-bond donors (Lipinski definition) is 2. The van der Waals surface area contributed by atoms with Gasteiger partial charge in [-0.2, -0.15) is 13.2 Å². The van der Waals surface area contributed by atoms with Crippen LogP contribution in [0.25, 0.3) is 22.0 Å². The minimum Gasteiger partial charge on any atom is -0.481 e. The molecule has 0 saturated carbocycles. The number of carboxylic acid groups (broad SMARTS) is 1. The van der Waals surface area contributed by atoms with Crippen molar-refractivity contribution in [2.75, 3.05) is 11.4 Å². The van der Waals surface area contributed by atoms with Gasteiger partial charge in [-0.05, 0) is 36.1 Å². The summed E-state index contributed by atoms with van der Waals surface area (Å²) in [6.07, 6.45) is -4.42. The van der Waals surface area contributed by atoms with Crippen LogP contribution in [-0.2, 0) is 15.8 Å². The van der Waals surface area contributed by atoms with Gasteiger partial charge in [0.15, 0.2) is 0 Å². The number of rotatable bonds is 3. The molecule has 0 spiro atoms. The number of carboxylic acids is 1. The van der Waals surface area contributed by atoms with E-state index in [9.17, 15) is 27.6 Å². The first kappa shape index (κ1) is 19.7. The number of nitrogens with one attached hydrogen (secondary N) is 1. The first-order chi connectivity index (χ1) is 14.2. The molecule has 1 aliphatic rings. The van der Waals surface area contributed by atoms with E-state index in [4.69, 9.17) is 5.11 Å². The zero-order valence-corrected chi connectivity index (χ0v) is 15.4. The van der Waals surface area contributed by atoms with Crippen molar-refractivity contribution in [1.29, 1.82) is 0 Å². The van der Waals surface area contributed by atoms with Crippen molar-refractivity contribution in [2.24, 2.45) is 5.92 Å². The Bertz CT molecular complexity index is 1230. The lowest BCUT2D eigenvalue weighted by atomic mass is 10.0. The number of nitrogens with zero attached hydrogens (tertiary/aromatic N) is 1. The summed E-state index contributed by atoms with van der Waals surface area (Å²) in [7, 11) is 0. The molecule has 1 amide bonds. The summed E-state index contributed by atoms with van der Waals surface area (Å²) < 4.78 is 40.0. The largest absolute Gasteiger partial charge is 0.481 e. The lowest BCUT2D eigenvalue weighted by molar-refractivity contribution is -0.145. The van der Waals surface area contributed by atoms with Gasteiger partial charge in [-0.15, -0.1) is 0 Å². The number of anilines is 1. The average Bonchev–Trinajstić information content (AvgIpc) is 3.08. The summed E-state index contributed by atoms with van der Waals surface area (Å²) in [5.74, 6) is -2.89. The lowest BCUT2D eigenvalue weighted by Gasteiger charge is -2.17. The fraction of sp³-hybridized carbons (Fsp3) is 0.190. The van der Waals surface area contributed by atoms with E-state index in [0.29, 0.717) is 11.1 Å². The molecule has 0 bridgehead atoms. The molecule has 3 aromatic rings. The molecule has 0 radical (unpaired) electrons. The highest BCUT2D eigenvalue weighted by atomic mass is 19.4. The second-order valence-corrected chi connectivity index (χ2v) is 7.00. The van der Waals surface area contributed by atoms with Gasteiger partial charge < -0.3 is 15.0 Å². The lowest BCUT2D eigenvalue weighted by Crippen LogP contribution is -2.30. The molecule has 1 fully saturated rings. The Morgan fingerprint density at radius 3 is 2.50 bits per heavy atom. The molecule has 1 aromatic heterocycles. The van der Waals surface area contributed by atoms with Crippen molar-refractivity contribution >= 4 is 28.3 Å². The number of benzene rings is 2. The van der Waals surface area contributed by atoms with Gasteiger partial charge in [0, 0.05) is 28.9 Å². The van der Waals surface area contributed by atoms with Crippen LogP contribution in [0.5, 0.6) is 0 Å². The normalized spacial score (nSPS) is 17.0. The van der Waals surface area contributed by atoms with Crippen LogP contribution in [0.3, 0.4) is 0 Å². The predicted molar refractivity (Wildman–Crippen MR) is 103 cm³/mol. The van der Waals surface area contributed by atoms with E-state index in [0.717, 1.165) is 6.07 Å². The zero-order chi connectivity index (χ0) is 21.6. The molecule has 0 aliphatic carbocycles. The maximum Gasteiger partial charge on any atom is 0.417 e. The van der Waals surface area contributed by atoms with Crippen LogP contribution in [0.2, 0.25) is 0 Å². The predicted octanol–water partition coefficient (Wildman–Crippen LogP) is 3.65. The van der Waals surface area contributed by atoms with E-state index in [1.54, 1.807) is 6.07 Å². The highest BCUT2D eigenvalue weighted by Crippen LogP contribution is 2.37. The number of hydrogen-bond acceptors (Lipinski definition) is 3. The molecule has 2 aromatic carbocycles. The van der Waals surface area contributed by atoms with Crippen molar-refractivity contribution in [1.82, 2.24) is 4.98 Å². The van der Waals surface area contributed by atoms with Crippen molar-refractivity contribution in [3.63, 3.8) is 0 Å². The van der Waals surface area contributed by atoms with E-state index >= 15 is 0 Å². The maximum absolute atomic E-state index is 13.3. The number of pyridine rings is 1. The van der Waals surface area contributed by atoms with Crippen molar-refractivity contribution < 1.29 is 27.9 Å². The molecule has 2 N–H and O–H groups in total. The number of halogens is 3. The Balaban J connectivity index is 1.78. The molecule has 1 saturated heterocycles. The van der Waals surface area contributed by atoms with Crippen molar-refractivity contribution in [3.05, 3.63) is 64.4 Å². The minimum absolute atomic E-state index is 0.0244. The topological polar surface area (TPSA) is 90.5 Å². The van der Waals surface area contributed by atoms with Crippen LogP contribution in [-0.4, -0.2) is 28.5 Å². The third-order valence-electron chi connectivity index (χ3n) is 5.17. The molecule has 4 rings (SSSR count). The minimum atomic E-state index is -4.58. The molecule has 9 heteroatoms. The van der Waals surface area contributed by atoms with E-state index in [-0.39, 0.29) is 29.6 Å². The monoisotopic (exact) mass is 416 g/mol. The van der Waals surface area contributed by atoms with Gasteiger partial charge in [0.1, 0.15) is 5.92 Å². The quantitative estimate of drug-likeness (QED) is 0.638. The van der Waals surface area contributed by atoms with Gasteiger partial charge in [-0.25, -0.2) is 0 Å². The molecule has 154 valence electrons. The number of alkyl halides is 3. The average molecular weight is 416 g/mol. The molecule has 2 heterocycles. The molecule has 1 atom stereocenters. The smallest absolute Gasteiger partial charge is 0.417 e. The first-order valence-electron chi connectivity index (χ1n) is 9.04. The number of aromatic nitrogens is 1. The van der Waals surface area contributed by atoms with E-state index < -0.39 is 35.1 Å². The maximum atomic E-state index is 13.3. The molecular formula is C21H15F3N2O4. The summed E-state index contributed by atoms with van der Waals surface area (Å²) >= 11 is 0. The van der Waals surface area contributed by atoms with Crippen LogP contribution in [0.1, 0.15) is 12.0 Å². The number of carbonyl (C=O) groups excluding carboxylic acids is 1. The number of amides is 1.